The van der Waals surface area contributed by atoms with E-state index in [4.69, 9.17) is 10.5 Å². The summed E-state index contributed by atoms with van der Waals surface area (Å²) >= 11 is 0. The molecule has 0 spiro atoms. The fourth-order valence-electron chi connectivity index (χ4n) is 1.51. The van der Waals surface area contributed by atoms with Gasteiger partial charge < -0.3 is 10.5 Å². The molecule has 0 aliphatic rings. The average molecular weight is 218 g/mol. The van der Waals surface area contributed by atoms with E-state index in [2.05, 4.69) is 15.2 Å². The predicted molar refractivity (Wildman–Crippen MR) is 61.2 cm³/mol. The maximum atomic E-state index is 5.69. The Labute approximate surface area is 93.7 Å². The minimum Gasteiger partial charge on any atom is -0.494 e. The lowest BCUT2D eigenvalue weighted by Gasteiger charge is -2.05. The molecule has 5 nitrogen and oxygen atoms in total. The number of methoxy groups -OCH3 is 1. The van der Waals surface area contributed by atoms with E-state index in [0.717, 1.165) is 5.52 Å². The zero-order valence-corrected chi connectivity index (χ0v) is 9.34. The molecule has 0 fully saturated rings. The van der Waals surface area contributed by atoms with Crippen molar-refractivity contribution in [1.82, 2.24) is 15.2 Å². The van der Waals surface area contributed by atoms with Crippen LogP contribution in [0.4, 0.5) is 0 Å². The molecule has 2 N–H and O–H groups in total. The Kier molecular flexibility index (Phi) is 2.96. The lowest BCUT2D eigenvalue weighted by atomic mass is 10.2. The van der Waals surface area contributed by atoms with Gasteiger partial charge in [0.1, 0.15) is 5.75 Å². The molecule has 1 unspecified atom stereocenters. The first-order chi connectivity index (χ1) is 7.70. The molecular formula is C11H14N4O. The van der Waals surface area contributed by atoms with Gasteiger partial charge in [-0.05, 0) is 19.1 Å². The summed E-state index contributed by atoms with van der Waals surface area (Å²) < 4.78 is 5.18. The highest BCUT2D eigenvalue weighted by atomic mass is 16.5. The zero-order chi connectivity index (χ0) is 11.5. The molecule has 84 valence electrons. The molecular weight excluding hydrogens is 204 g/mol. The first-order valence-corrected chi connectivity index (χ1v) is 5.12. The van der Waals surface area contributed by atoms with Crippen LogP contribution in [0.5, 0.6) is 5.75 Å². The smallest absolute Gasteiger partial charge is 0.153 e. The van der Waals surface area contributed by atoms with Crippen molar-refractivity contribution in [3.8, 4) is 5.75 Å². The Hall–Kier alpha value is -1.75. The average Bonchev–Trinajstić information content (AvgIpc) is 2.27. The van der Waals surface area contributed by atoms with Crippen LogP contribution in [0.25, 0.3) is 11.0 Å². The van der Waals surface area contributed by atoms with E-state index < -0.39 is 0 Å². The highest BCUT2D eigenvalue weighted by Crippen LogP contribution is 2.20. The topological polar surface area (TPSA) is 73.9 Å². The molecule has 0 amide bonds. The van der Waals surface area contributed by atoms with Crippen molar-refractivity contribution >= 4 is 11.0 Å². The first-order valence-electron chi connectivity index (χ1n) is 5.12. The Morgan fingerprint density at radius 1 is 1.38 bits per heavy atom. The van der Waals surface area contributed by atoms with Gasteiger partial charge in [-0.3, -0.25) is 0 Å². The predicted octanol–water partition coefficient (Wildman–Crippen LogP) is 0.923. The fraction of sp³-hybridized carbons (Fsp3) is 0.364. The van der Waals surface area contributed by atoms with Crippen molar-refractivity contribution in [3.05, 3.63) is 24.0 Å². The molecule has 2 rings (SSSR count). The van der Waals surface area contributed by atoms with Gasteiger partial charge in [0, 0.05) is 12.5 Å². The van der Waals surface area contributed by atoms with Crippen LogP contribution in [-0.2, 0) is 6.42 Å². The summed E-state index contributed by atoms with van der Waals surface area (Å²) in [5, 5.41) is 8.15. The van der Waals surface area contributed by atoms with Crippen LogP contribution in [0, 0.1) is 0 Å². The summed E-state index contributed by atoms with van der Waals surface area (Å²) in [7, 11) is 1.60. The van der Waals surface area contributed by atoms with Gasteiger partial charge >= 0.3 is 0 Å². The Balaban J connectivity index is 2.47. The standard InChI is InChI=1S/C11H14N4O/c1-7(12)6-10-13-8-4-3-5-9(16-2)11(8)15-14-10/h3-5,7H,6,12H2,1-2H3. The van der Waals surface area contributed by atoms with Crippen molar-refractivity contribution in [1.29, 1.82) is 0 Å². The SMILES string of the molecule is COc1cccc2nc(CC(C)N)nnc12. The number of ether oxygens (including phenoxy) is 1. The third-order valence-electron chi connectivity index (χ3n) is 2.22. The van der Waals surface area contributed by atoms with Crippen LogP contribution in [-0.4, -0.2) is 28.3 Å². The third-order valence-corrected chi connectivity index (χ3v) is 2.22. The van der Waals surface area contributed by atoms with Gasteiger partial charge in [0.25, 0.3) is 0 Å². The van der Waals surface area contributed by atoms with Crippen LogP contribution in [0.1, 0.15) is 12.7 Å². The van der Waals surface area contributed by atoms with Crippen LogP contribution in [0.2, 0.25) is 0 Å². The number of aromatic nitrogens is 3. The Bertz CT molecular complexity index is 498. The van der Waals surface area contributed by atoms with Crippen molar-refractivity contribution in [3.63, 3.8) is 0 Å². The number of rotatable bonds is 3. The zero-order valence-electron chi connectivity index (χ0n) is 9.34. The fourth-order valence-corrected chi connectivity index (χ4v) is 1.51. The molecule has 0 aliphatic carbocycles. The summed E-state index contributed by atoms with van der Waals surface area (Å²) in [6, 6.07) is 5.64. The molecule has 0 radical (unpaired) electrons. The van der Waals surface area contributed by atoms with Crippen molar-refractivity contribution in [2.24, 2.45) is 5.73 Å². The van der Waals surface area contributed by atoms with E-state index in [1.807, 2.05) is 25.1 Å². The molecule has 1 atom stereocenters. The maximum absolute atomic E-state index is 5.69. The van der Waals surface area contributed by atoms with Gasteiger partial charge in [-0.25, -0.2) is 4.98 Å². The summed E-state index contributed by atoms with van der Waals surface area (Å²) in [5.41, 5.74) is 7.15. The second kappa shape index (κ2) is 4.40. The minimum absolute atomic E-state index is 0.0323. The Morgan fingerprint density at radius 2 is 2.19 bits per heavy atom. The van der Waals surface area contributed by atoms with Gasteiger partial charge in [0.05, 0.1) is 12.6 Å². The highest BCUT2D eigenvalue weighted by Gasteiger charge is 2.07. The molecule has 2 aromatic rings. The van der Waals surface area contributed by atoms with Crippen LogP contribution >= 0.6 is 0 Å². The number of hydrogen-bond donors (Lipinski definition) is 1. The van der Waals surface area contributed by atoms with Gasteiger partial charge in [-0.1, -0.05) is 6.07 Å². The Morgan fingerprint density at radius 3 is 2.88 bits per heavy atom. The van der Waals surface area contributed by atoms with E-state index in [0.29, 0.717) is 23.5 Å². The van der Waals surface area contributed by atoms with Crippen molar-refractivity contribution in [2.75, 3.05) is 7.11 Å². The largest absolute Gasteiger partial charge is 0.494 e. The van der Waals surface area contributed by atoms with Crippen molar-refractivity contribution in [2.45, 2.75) is 19.4 Å². The molecule has 5 heteroatoms. The molecule has 0 saturated heterocycles. The summed E-state index contributed by atoms with van der Waals surface area (Å²) in [4.78, 5) is 4.39. The number of nitrogens with zero attached hydrogens (tertiary/aromatic N) is 3. The molecule has 1 aromatic carbocycles. The summed E-state index contributed by atoms with van der Waals surface area (Å²) in [5.74, 6) is 1.35. The van der Waals surface area contributed by atoms with E-state index in [1.54, 1.807) is 7.11 Å². The molecule has 0 aliphatic heterocycles. The van der Waals surface area contributed by atoms with Gasteiger partial charge in [-0.2, -0.15) is 0 Å². The van der Waals surface area contributed by atoms with Crippen LogP contribution in [0.3, 0.4) is 0 Å². The van der Waals surface area contributed by atoms with E-state index in [1.165, 1.54) is 0 Å². The second-order valence-corrected chi connectivity index (χ2v) is 3.74. The normalized spacial score (nSPS) is 12.7. The van der Waals surface area contributed by atoms with Crippen LogP contribution < -0.4 is 10.5 Å². The number of nitrogens with two attached hydrogens (primary N) is 1. The van der Waals surface area contributed by atoms with E-state index in [9.17, 15) is 0 Å². The lowest BCUT2D eigenvalue weighted by molar-refractivity contribution is 0.418. The maximum Gasteiger partial charge on any atom is 0.153 e. The highest BCUT2D eigenvalue weighted by molar-refractivity contribution is 5.80. The number of benzene rings is 1. The number of hydrogen-bond acceptors (Lipinski definition) is 5. The second-order valence-electron chi connectivity index (χ2n) is 3.74. The third kappa shape index (κ3) is 2.09. The number of fused-ring (bicyclic) bond motifs is 1. The molecule has 1 heterocycles. The molecule has 1 aromatic heterocycles. The monoisotopic (exact) mass is 218 g/mol. The molecule has 0 bridgehead atoms. The summed E-state index contributed by atoms with van der Waals surface area (Å²) in [6.45, 7) is 1.92. The van der Waals surface area contributed by atoms with Gasteiger partial charge in [0.2, 0.25) is 0 Å². The first kappa shape index (κ1) is 10.8. The van der Waals surface area contributed by atoms with E-state index >= 15 is 0 Å². The van der Waals surface area contributed by atoms with Gasteiger partial charge in [0.15, 0.2) is 11.3 Å². The summed E-state index contributed by atoms with van der Waals surface area (Å²) in [6.07, 6.45) is 0.625. The van der Waals surface area contributed by atoms with Crippen LogP contribution in [0.15, 0.2) is 18.2 Å². The molecule has 0 saturated carbocycles. The van der Waals surface area contributed by atoms with E-state index in [-0.39, 0.29) is 6.04 Å². The quantitative estimate of drug-likeness (QED) is 0.829. The van der Waals surface area contributed by atoms with Gasteiger partial charge in [-0.15, -0.1) is 10.2 Å². The molecule has 16 heavy (non-hydrogen) atoms. The lowest BCUT2D eigenvalue weighted by Crippen LogP contribution is -2.19. The minimum atomic E-state index is 0.0323. The van der Waals surface area contributed by atoms with Crippen molar-refractivity contribution < 1.29 is 4.74 Å².